The van der Waals surface area contributed by atoms with E-state index >= 15 is 0 Å². The van der Waals surface area contributed by atoms with Crippen molar-refractivity contribution in [1.29, 1.82) is 0 Å². The summed E-state index contributed by atoms with van der Waals surface area (Å²) < 4.78 is 0. The molecule has 0 aliphatic carbocycles. The van der Waals surface area contributed by atoms with Crippen molar-refractivity contribution < 1.29 is 4.79 Å². The van der Waals surface area contributed by atoms with E-state index in [1.165, 1.54) is 5.56 Å². The van der Waals surface area contributed by atoms with Crippen molar-refractivity contribution in [2.45, 2.75) is 17.3 Å². The fourth-order valence-corrected chi connectivity index (χ4v) is 3.93. The molecule has 1 heterocycles. The van der Waals surface area contributed by atoms with Gasteiger partial charge < -0.3 is 0 Å². The largest absolute Gasteiger partial charge is 0.298 e. The fourth-order valence-electron chi connectivity index (χ4n) is 2.94. The first kappa shape index (κ1) is 18.7. The van der Waals surface area contributed by atoms with E-state index in [1.54, 1.807) is 0 Å². The third kappa shape index (κ3) is 4.44. The molecule has 2 nitrogen and oxygen atoms in total. The number of rotatable bonds is 3. The predicted molar refractivity (Wildman–Crippen MR) is 104 cm³/mol. The van der Waals surface area contributed by atoms with Crippen LogP contribution in [-0.4, -0.2) is 28.6 Å². The number of hydrogen-bond donors (Lipinski definition) is 0. The number of nitrogens with zero attached hydrogens (tertiary/aromatic N) is 1. The molecule has 0 bridgehead atoms. The molecule has 0 N–H and O–H groups in total. The number of carbonyl (C=O) groups is 1. The number of piperidine rings is 1. The highest BCUT2D eigenvalue weighted by Crippen LogP contribution is 2.32. The van der Waals surface area contributed by atoms with Gasteiger partial charge in [-0.15, -0.1) is 17.0 Å². The van der Waals surface area contributed by atoms with Crippen molar-refractivity contribution in [2.75, 3.05) is 13.1 Å². The van der Waals surface area contributed by atoms with Crippen molar-refractivity contribution in [3.05, 3.63) is 70.7 Å². The third-order valence-electron chi connectivity index (χ3n) is 4.04. The zero-order chi connectivity index (χ0) is 15.5. The second-order valence-corrected chi connectivity index (χ2v) is 7.14. The molecular formula is C18H18Br2ClNO. The van der Waals surface area contributed by atoms with Crippen LogP contribution in [0.5, 0.6) is 0 Å². The molecule has 3 rings (SSSR count). The van der Waals surface area contributed by atoms with Crippen molar-refractivity contribution >= 4 is 50.3 Å². The lowest BCUT2D eigenvalue weighted by Gasteiger charge is -2.35. The summed E-state index contributed by atoms with van der Waals surface area (Å²) in [6.07, 6.45) is 0. The first-order valence-corrected chi connectivity index (χ1v) is 8.63. The van der Waals surface area contributed by atoms with Crippen molar-refractivity contribution in [1.82, 2.24) is 4.90 Å². The molecule has 1 aliphatic rings. The van der Waals surface area contributed by atoms with Gasteiger partial charge in [0.1, 0.15) is 0 Å². The zero-order valence-corrected chi connectivity index (χ0v) is 16.5. The van der Waals surface area contributed by atoms with Crippen LogP contribution in [0.2, 0.25) is 5.02 Å². The van der Waals surface area contributed by atoms with Gasteiger partial charge in [-0.2, -0.15) is 0 Å². The van der Waals surface area contributed by atoms with Crippen molar-refractivity contribution in [2.24, 2.45) is 0 Å². The molecule has 0 radical (unpaired) electrons. The number of carbonyl (C=O) groups excluding carboxylic acids is 1. The van der Waals surface area contributed by atoms with E-state index in [2.05, 4.69) is 33.0 Å². The number of hydrogen-bond acceptors (Lipinski definition) is 2. The molecule has 0 spiro atoms. The maximum atomic E-state index is 12.5. The molecular weight excluding hydrogens is 441 g/mol. The molecule has 5 heteroatoms. The SMILES string of the molecule is Br.O=C1C(Br)CN(Cc2ccccc2)CC1c1ccccc1Cl. The summed E-state index contributed by atoms with van der Waals surface area (Å²) in [6.45, 7) is 2.28. The van der Waals surface area contributed by atoms with Gasteiger partial charge in [0.25, 0.3) is 0 Å². The normalized spacial score (nSPS) is 21.7. The van der Waals surface area contributed by atoms with Gasteiger partial charge in [0.15, 0.2) is 5.78 Å². The molecule has 2 aromatic carbocycles. The lowest BCUT2D eigenvalue weighted by Crippen LogP contribution is -2.45. The molecule has 1 saturated heterocycles. The first-order chi connectivity index (χ1) is 10.6. The number of likely N-dealkylation sites (tertiary alicyclic amines) is 1. The third-order valence-corrected chi connectivity index (χ3v) is 5.13. The average Bonchev–Trinajstić information content (AvgIpc) is 2.52. The Morgan fingerprint density at radius 2 is 1.70 bits per heavy atom. The van der Waals surface area contributed by atoms with Gasteiger partial charge in [0.2, 0.25) is 0 Å². The van der Waals surface area contributed by atoms with Gasteiger partial charge in [-0.3, -0.25) is 9.69 Å². The van der Waals surface area contributed by atoms with Gasteiger partial charge in [-0.25, -0.2) is 0 Å². The number of alkyl halides is 1. The highest BCUT2D eigenvalue weighted by atomic mass is 79.9. The van der Waals surface area contributed by atoms with Gasteiger partial charge in [0, 0.05) is 24.7 Å². The van der Waals surface area contributed by atoms with E-state index in [-0.39, 0.29) is 33.5 Å². The molecule has 1 fully saturated rings. The second kappa shape index (κ2) is 8.43. The molecule has 0 amide bonds. The van der Waals surface area contributed by atoms with Crippen LogP contribution < -0.4 is 0 Å². The summed E-state index contributed by atoms with van der Waals surface area (Å²) in [5.74, 6) is 0.0490. The summed E-state index contributed by atoms with van der Waals surface area (Å²) in [5.41, 5.74) is 2.19. The maximum absolute atomic E-state index is 12.5. The summed E-state index contributed by atoms with van der Waals surface area (Å²) in [4.78, 5) is 14.7. The minimum atomic E-state index is -0.171. The Bertz CT molecular complexity index is 665. The fraction of sp³-hybridized carbons (Fsp3) is 0.278. The number of benzene rings is 2. The van der Waals surface area contributed by atoms with Crippen LogP contribution in [0.3, 0.4) is 0 Å². The summed E-state index contributed by atoms with van der Waals surface area (Å²) in [6, 6.07) is 18.0. The maximum Gasteiger partial charge on any atom is 0.156 e. The Kier molecular flexibility index (Phi) is 6.84. The summed E-state index contributed by atoms with van der Waals surface area (Å²) >= 11 is 9.83. The monoisotopic (exact) mass is 457 g/mol. The van der Waals surface area contributed by atoms with E-state index in [9.17, 15) is 4.79 Å². The topological polar surface area (TPSA) is 20.3 Å². The first-order valence-electron chi connectivity index (χ1n) is 7.33. The average molecular weight is 460 g/mol. The highest BCUT2D eigenvalue weighted by molar-refractivity contribution is 9.10. The van der Waals surface area contributed by atoms with Crippen LogP contribution >= 0.6 is 44.5 Å². The van der Waals surface area contributed by atoms with E-state index in [4.69, 9.17) is 11.6 Å². The lowest BCUT2D eigenvalue weighted by molar-refractivity contribution is -0.122. The molecule has 0 aromatic heterocycles. The Labute approximate surface area is 160 Å². The Morgan fingerprint density at radius 1 is 1.04 bits per heavy atom. The number of ketones is 1. The number of halogens is 3. The van der Waals surface area contributed by atoms with Crippen LogP contribution in [0, 0.1) is 0 Å². The molecule has 2 aromatic rings. The predicted octanol–water partition coefficient (Wildman–Crippen LogP) is 4.85. The van der Waals surface area contributed by atoms with Crippen LogP contribution in [0.25, 0.3) is 0 Å². The molecule has 122 valence electrons. The van der Waals surface area contributed by atoms with Crippen molar-refractivity contribution in [3.63, 3.8) is 0 Å². The minimum Gasteiger partial charge on any atom is -0.298 e. The minimum absolute atomic E-state index is 0. The molecule has 2 unspecified atom stereocenters. The Hall–Kier alpha value is -0.680. The standard InChI is InChI=1S/C18H17BrClNO.BrH/c19-16-12-21(10-13-6-2-1-3-7-13)11-15(18(16)22)14-8-4-5-9-17(14)20;/h1-9,15-16H,10-12H2;1H. The van der Waals surface area contributed by atoms with Gasteiger partial charge in [0.05, 0.1) is 10.7 Å². The quantitative estimate of drug-likeness (QED) is 0.612. The Morgan fingerprint density at radius 3 is 2.39 bits per heavy atom. The van der Waals surface area contributed by atoms with Crippen molar-refractivity contribution in [3.8, 4) is 0 Å². The smallest absolute Gasteiger partial charge is 0.156 e. The van der Waals surface area contributed by atoms with Crippen LogP contribution in [-0.2, 0) is 11.3 Å². The van der Waals surface area contributed by atoms with E-state index in [0.29, 0.717) is 11.6 Å². The van der Waals surface area contributed by atoms with E-state index in [1.807, 2.05) is 42.5 Å². The molecule has 23 heavy (non-hydrogen) atoms. The van der Waals surface area contributed by atoms with Gasteiger partial charge >= 0.3 is 0 Å². The van der Waals surface area contributed by atoms with Gasteiger partial charge in [-0.05, 0) is 17.2 Å². The van der Waals surface area contributed by atoms with E-state index < -0.39 is 0 Å². The van der Waals surface area contributed by atoms with Crippen LogP contribution in [0.15, 0.2) is 54.6 Å². The van der Waals surface area contributed by atoms with Crippen LogP contribution in [0.1, 0.15) is 17.0 Å². The van der Waals surface area contributed by atoms with E-state index in [0.717, 1.165) is 18.7 Å². The molecule has 2 atom stereocenters. The van der Waals surface area contributed by atoms with Gasteiger partial charge in [-0.1, -0.05) is 76.1 Å². The molecule has 1 aliphatic heterocycles. The molecule has 0 saturated carbocycles. The second-order valence-electron chi connectivity index (χ2n) is 5.62. The number of Topliss-reactive ketones (excluding diaryl/α,β-unsaturated/α-hetero) is 1. The zero-order valence-electron chi connectivity index (χ0n) is 12.5. The van der Waals surface area contributed by atoms with Crippen LogP contribution in [0.4, 0.5) is 0 Å². The summed E-state index contributed by atoms with van der Waals surface area (Å²) in [7, 11) is 0. The summed E-state index contributed by atoms with van der Waals surface area (Å²) in [5, 5.41) is 0.669. The Balaban J connectivity index is 0.00000192. The highest BCUT2D eigenvalue weighted by Gasteiger charge is 2.35. The lowest BCUT2D eigenvalue weighted by atomic mass is 9.89.